The third-order valence-corrected chi connectivity index (χ3v) is 6.51. The van der Waals surface area contributed by atoms with Gasteiger partial charge in [0, 0.05) is 58.1 Å². The summed E-state index contributed by atoms with van der Waals surface area (Å²) < 4.78 is 22.2. The number of rotatable bonds is 5. The first-order valence-corrected chi connectivity index (χ1v) is 11.5. The van der Waals surface area contributed by atoms with Gasteiger partial charge in [0.05, 0.1) is 11.3 Å². The number of piperidine rings is 1. The van der Waals surface area contributed by atoms with Crippen LogP contribution in [-0.4, -0.2) is 39.1 Å². The number of nitrogens with zero attached hydrogens (tertiary/aromatic N) is 5. The Morgan fingerprint density at radius 3 is 2.66 bits per heavy atom. The first kappa shape index (κ1) is 20.9. The molecule has 0 radical (unpaired) electrons. The maximum atomic E-state index is 13.8. The Labute approximate surface area is 188 Å². The van der Waals surface area contributed by atoms with Crippen molar-refractivity contribution < 1.29 is 9.13 Å². The Morgan fingerprint density at radius 2 is 1.91 bits per heavy atom. The normalized spacial score (nSPS) is 16.8. The van der Waals surface area contributed by atoms with Gasteiger partial charge in [-0.2, -0.15) is 4.98 Å². The van der Waals surface area contributed by atoms with E-state index in [4.69, 9.17) is 14.7 Å². The predicted molar refractivity (Wildman–Crippen MR) is 123 cm³/mol. The van der Waals surface area contributed by atoms with Crippen LogP contribution >= 0.6 is 0 Å². The van der Waals surface area contributed by atoms with Crippen molar-refractivity contribution in [2.45, 2.75) is 45.7 Å². The molecule has 0 unspecified atom stereocenters. The van der Waals surface area contributed by atoms with E-state index >= 15 is 0 Å². The van der Waals surface area contributed by atoms with E-state index in [1.54, 1.807) is 19.1 Å². The Hall–Kier alpha value is -2.93. The fraction of sp³-hybridized carbons (Fsp3) is 0.440. The van der Waals surface area contributed by atoms with Gasteiger partial charge in [-0.15, -0.1) is 0 Å². The van der Waals surface area contributed by atoms with Crippen molar-refractivity contribution in [3.8, 4) is 11.6 Å². The second-order valence-electron chi connectivity index (χ2n) is 8.89. The van der Waals surface area contributed by atoms with Crippen molar-refractivity contribution in [1.82, 2.24) is 19.4 Å². The third kappa shape index (κ3) is 4.35. The van der Waals surface area contributed by atoms with E-state index in [9.17, 15) is 4.39 Å². The summed E-state index contributed by atoms with van der Waals surface area (Å²) in [6, 6.07) is 9.08. The van der Waals surface area contributed by atoms with Gasteiger partial charge in [-0.25, -0.2) is 9.37 Å². The van der Waals surface area contributed by atoms with E-state index in [0.29, 0.717) is 17.2 Å². The molecule has 168 valence electrons. The summed E-state index contributed by atoms with van der Waals surface area (Å²) in [5.41, 5.74) is 3.94. The van der Waals surface area contributed by atoms with Crippen LogP contribution in [0.1, 0.15) is 41.8 Å². The number of hydrogen-bond acceptors (Lipinski definition) is 5. The minimum atomic E-state index is -0.232. The Morgan fingerprint density at radius 1 is 1.06 bits per heavy atom. The van der Waals surface area contributed by atoms with Crippen LogP contribution in [0.2, 0.25) is 0 Å². The van der Waals surface area contributed by atoms with Crippen LogP contribution in [0.3, 0.4) is 0 Å². The van der Waals surface area contributed by atoms with Gasteiger partial charge in [0.1, 0.15) is 11.6 Å². The molecule has 0 N–H and O–H groups in total. The molecule has 32 heavy (non-hydrogen) atoms. The van der Waals surface area contributed by atoms with Gasteiger partial charge in [-0.1, -0.05) is 0 Å². The van der Waals surface area contributed by atoms with E-state index in [1.165, 1.54) is 18.2 Å². The third-order valence-electron chi connectivity index (χ3n) is 6.51. The number of aryl methyl sites for hydroxylation is 2. The molecule has 0 bridgehead atoms. The van der Waals surface area contributed by atoms with Gasteiger partial charge in [-0.05, 0) is 62.1 Å². The Kier molecular flexibility index (Phi) is 5.83. The quantitative estimate of drug-likeness (QED) is 0.586. The van der Waals surface area contributed by atoms with Crippen molar-refractivity contribution in [3.05, 3.63) is 64.9 Å². The van der Waals surface area contributed by atoms with Gasteiger partial charge in [0.25, 0.3) is 0 Å². The molecule has 4 heterocycles. The standard InChI is InChI=1S/C25H30FN5O/c1-18-15-20(8-9-22(18)26)32-24-21-17-30(16-19-7-6-11-29(19)2)14-10-23(21)27-25(28-24)31-12-4-3-5-13-31/h6-9,11,15H,3-5,10,12-14,16-17H2,1-2H3. The minimum Gasteiger partial charge on any atom is -0.438 e. The highest BCUT2D eigenvalue weighted by Crippen LogP contribution is 2.33. The van der Waals surface area contributed by atoms with Gasteiger partial charge >= 0.3 is 0 Å². The predicted octanol–water partition coefficient (Wildman–Crippen LogP) is 4.60. The van der Waals surface area contributed by atoms with E-state index in [-0.39, 0.29) is 5.82 Å². The SMILES string of the molecule is Cc1cc(Oc2nc(N3CCCCC3)nc3c2CN(Cc2cccn2C)CC3)ccc1F. The number of hydrogen-bond donors (Lipinski definition) is 0. The van der Waals surface area contributed by atoms with Gasteiger partial charge < -0.3 is 14.2 Å². The fourth-order valence-electron chi connectivity index (χ4n) is 4.56. The van der Waals surface area contributed by atoms with Crippen LogP contribution in [0.15, 0.2) is 36.5 Å². The van der Waals surface area contributed by atoms with Crippen LogP contribution in [0.5, 0.6) is 11.6 Å². The molecule has 1 aromatic carbocycles. The molecule has 1 fully saturated rings. The summed E-state index contributed by atoms with van der Waals surface area (Å²) in [7, 11) is 2.08. The smallest absolute Gasteiger partial charge is 0.228 e. The zero-order valence-corrected chi connectivity index (χ0v) is 18.9. The molecule has 0 spiro atoms. The van der Waals surface area contributed by atoms with Crippen LogP contribution in [0, 0.1) is 12.7 Å². The average Bonchev–Trinajstić information content (AvgIpc) is 3.21. The molecule has 0 atom stereocenters. The monoisotopic (exact) mass is 435 g/mol. The molecule has 6 nitrogen and oxygen atoms in total. The van der Waals surface area contributed by atoms with Crippen LogP contribution < -0.4 is 9.64 Å². The summed E-state index contributed by atoms with van der Waals surface area (Å²) in [4.78, 5) is 14.5. The second-order valence-corrected chi connectivity index (χ2v) is 8.89. The maximum Gasteiger partial charge on any atom is 0.228 e. The molecule has 2 aromatic heterocycles. The number of ether oxygens (including phenoxy) is 1. The molecule has 3 aromatic rings. The highest BCUT2D eigenvalue weighted by atomic mass is 19.1. The highest BCUT2D eigenvalue weighted by molar-refractivity contribution is 5.44. The van der Waals surface area contributed by atoms with Crippen molar-refractivity contribution >= 4 is 5.95 Å². The maximum absolute atomic E-state index is 13.8. The highest BCUT2D eigenvalue weighted by Gasteiger charge is 2.26. The fourth-order valence-corrected chi connectivity index (χ4v) is 4.56. The van der Waals surface area contributed by atoms with Crippen molar-refractivity contribution in [3.63, 3.8) is 0 Å². The van der Waals surface area contributed by atoms with E-state index in [2.05, 4.69) is 39.7 Å². The molecule has 0 aliphatic carbocycles. The number of benzene rings is 1. The van der Waals surface area contributed by atoms with Crippen molar-refractivity contribution in [1.29, 1.82) is 0 Å². The van der Waals surface area contributed by atoms with Crippen LogP contribution in [0.25, 0.3) is 0 Å². The molecule has 2 aliphatic rings. The molecule has 2 aliphatic heterocycles. The lowest BCUT2D eigenvalue weighted by atomic mass is 10.1. The van der Waals surface area contributed by atoms with E-state index in [0.717, 1.165) is 69.2 Å². The lowest BCUT2D eigenvalue weighted by Gasteiger charge is -2.32. The van der Waals surface area contributed by atoms with Crippen LogP contribution in [-0.2, 0) is 26.6 Å². The van der Waals surface area contributed by atoms with E-state index in [1.807, 2.05) is 0 Å². The zero-order chi connectivity index (χ0) is 22.1. The zero-order valence-electron chi connectivity index (χ0n) is 18.9. The number of anilines is 1. The molecule has 0 amide bonds. The Balaban J connectivity index is 1.47. The number of aromatic nitrogens is 3. The lowest BCUT2D eigenvalue weighted by molar-refractivity contribution is 0.233. The molecular formula is C25H30FN5O. The molecule has 1 saturated heterocycles. The topological polar surface area (TPSA) is 46.4 Å². The first-order chi connectivity index (χ1) is 15.6. The molecule has 0 saturated carbocycles. The van der Waals surface area contributed by atoms with Gasteiger partial charge in [-0.3, -0.25) is 4.90 Å². The number of fused-ring (bicyclic) bond motifs is 1. The summed E-state index contributed by atoms with van der Waals surface area (Å²) in [6.45, 7) is 6.26. The summed E-state index contributed by atoms with van der Waals surface area (Å²) >= 11 is 0. The Bertz CT molecular complexity index is 1110. The lowest BCUT2D eigenvalue weighted by Crippen LogP contribution is -2.34. The minimum absolute atomic E-state index is 0.232. The van der Waals surface area contributed by atoms with Crippen molar-refractivity contribution in [2.24, 2.45) is 7.05 Å². The average molecular weight is 436 g/mol. The number of halogens is 1. The van der Waals surface area contributed by atoms with Gasteiger partial charge in [0.2, 0.25) is 11.8 Å². The first-order valence-electron chi connectivity index (χ1n) is 11.5. The summed E-state index contributed by atoms with van der Waals surface area (Å²) in [5.74, 6) is 1.73. The van der Waals surface area contributed by atoms with Crippen molar-refractivity contribution in [2.75, 3.05) is 24.5 Å². The van der Waals surface area contributed by atoms with Gasteiger partial charge in [0.15, 0.2) is 0 Å². The second kappa shape index (κ2) is 8.90. The van der Waals surface area contributed by atoms with Crippen LogP contribution in [0.4, 0.5) is 10.3 Å². The largest absolute Gasteiger partial charge is 0.438 e. The van der Waals surface area contributed by atoms with E-state index < -0.39 is 0 Å². The summed E-state index contributed by atoms with van der Waals surface area (Å²) in [6.07, 6.45) is 6.53. The molecule has 5 rings (SSSR count). The summed E-state index contributed by atoms with van der Waals surface area (Å²) in [5, 5.41) is 0. The molecule has 7 heteroatoms. The molecular weight excluding hydrogens is 405 g/mol.